The van der Waals surface area contributed by atoms with Gasteiger partial charge in [-0.25, -0.2) is 5.43 Å². The summed E-state index contributed by atoms with van der Waals surface area (Å²) in [6.45, 7) is 0.705. The van der Waals surface area contributed by atoms with Gasteiger partial charge in [-0.15, -0.1) is 0 Å². The quantitative estimate of drug-likeness (QED) is 0.639. The highest BCUT2D eigenvalue weighted by Gasteiger charge is 2.07. The molecule has 22 heavy (non-hydrogen) atoms. The molecule has 0 saturated heterocycles. The molecule has 3 rings (SSSR count). The predicted molar refractivity (Wildman–Crippen MR) is 93.8 cm³/mol. The lowest BCUT2D eigenvalue weighted by atomic mass is 10.00. The first-order valence-electron chi connectivity index (χ1n) is 7.21. The molecular weight excluding hydrogens is 292 g/mol. The second-order valence-corrected chi connectivity index (χ2v) is 5.39. The highest BCUT2D eigenvalue weighted by atomic mass is 35.5. The number of benzene rings is 3. The van der Waals surface area contributed by atoms with Crippen LogP contribution in [-0.2, 0) is 6.54 Å². The Morgan fingerprint density at radius 1 is 0.682 bits per heavy atom. The fourth-order valence-electron chi connectivity index (χ4n) is 2.38. The van der Waals surface area contributed by atoms with Gasteiger partial charge in [-0.3, -0.25) is 0 Å². The van der Waals surface area contributed by atoms with Crippen molar-refractivity contribution in [2.45, 2.75) is 6.54 Å². The van der Waals surface area contributed by atoms with Crippen LogP contribution in [0, 0.1) is 0 Å². The summed E-state index contributed by atoms with van der Waals surface area (Å²) >= 11 is 6.32. The first-order chi connectivity index (χ1) is 10.8. The number of hydrogen-bond donors (Lipinski definition) is 2. The van der Waals surface area contributed by atoms with E-state index in [1.165, 1.54) is 5.56 Å². The first kappa shape index (κ1) is 14.6. The summed E-state index contributed by atoms with van der Waals surface area (Å²) in [6.07, 6.45) is 0. The highest BCUT2D eigenvalue weighted by molar-refractivity contribution is 6.33. The number of para-hydroxylation sites is 1. The molecule has 0 atom stereocenters. The molecule has 0 unspecified atom stereocenters. The number of rotatable bonds is 5. The Morgan fingerprint density at radius 2 is 1.32 bits per heavy atom. The van der Waals surface area contributed by atoms with Crippen LogP contribution in [0.1, 0.15) is 5.56 Å². The molecule has 0 bridgehead atoms. The van der Waals surface area contributed by atoms with Gasteiger partial charge in [0.05, 0.1) is 0 Å². The normalized spacial score (nSPS) is 10.4. The van der Waals surface area contributed by atoms with Crippen molar-refractivity contribution >= 4 is 17.3 Å². The van der Waals surface area contributed by atoms with Gasteiger partial charge < -0.3 is 5.43 Å². The molecule has 0 aromatic heterocycles. The lowest BCUT2D eigenvalue weighted by Crippen LogP contribution is -2.21. The largest absolute Gasteiger partial charge is 0.321 e. The van der Waals surface area contributed by atoms with Gasteiger partial charge in [0, 0.05) is 22.8 Å². The molecule has 0 spiro atoms. The maximum absolute atomic E-state index is 6.32. The minimum absolute atomic E-state index is 0.705. The summed E-state index contributed by atoms with van der Waals surface area (Å²) in [5, 5.41) is 0.769. The van der Waals surface area contributed by atoms with E-state index in [-0.39, 0.29) is 0 Å². The van der Waals surface area contributed by atoms with E-state index in [9.17, 15) is 0 Å². The summed E-state index contributed by atoms with van der Waals surface area (Å²) in [5.74, 6) is 0. The van der Waals surface area contributed by atoms with E-state index in [2.05, 4.69) is 23.0 Å². The van der Waals surface area contributed by atoms with Crippen molar-refractivity contribution in [3.05, 3.63) is 89.4 Å². The van der Waals surface area contributed by atoms with Crippen LogP contribution in [0.15, 0.2) is 78.9 Å². The number of nitrogens with one attached hydrogen (secondary N) is 2. The smallest absolute Gasteiger partial charge is 0.0487 e. The predicted octanol–water partition coefficient (Wildman–Crippen LogP) is 5.12. The average Bonchev–Trinajstić information content (AvgIpc) is 2.57. The maximum Gasteiger partial charge on any atom is 0.0487 e. The Bertz CT molecular complexity index is 741. The lowest BCUT2D eigenvalue weighted by Gasteiger charge is -2.13. The summed E-state index contributed by atoms with van der Waals surface area (Å²) in [5.41, 5.74) is 10.9. The highest BCUT2D eigenvalue weighted by Crippen LogP contribution is 2.30. The van der Waals surface area contributed by atoms with Crippen LogP contribution < -0.4 is 10.9 Å². The van der Waals surface area contributed by atoms with Crippen LogP contribution in [0.3, 0.4) is 0 Å². The van der Waals surface area contributed by atoms with Crippen LogP contribution in [0.2, 0.25) is 5.02 Å². The Kier molecular flexibility index (Phi) is 4.74. The fraction of sp³-hybridized carbons (Fsp3) is 0.0526. The van der Waals surface area contributed by atoms with Gasteiger partial charge in [0.1, 0.15) is 0 Å². The summed E-state index contributed by atoms with van der Waals surface area (Å²) in [6, 6.07) is 26.2. The fourth-order valence-corrected chi connectivity index (χ4v) is 2.62. The van der Waals surface area contributed by atoms with Crippen LogP contribution >= 0.6 is 11.6 Å². The summed E-state index contributed by atoms with van der Waals surface area (Å²) in [4.78, 5) is 0. The number of hydrazine groups is 1. The number of anilines is 1. The van der Waals surface area contributed by atoms with Crippen LogP contribution in [0.25, 0.3) is 11.1 Å². The second kappa shape index (κ2) is 7.12. The third-order valence-corrected chi connectivity index (χ3v) is 3.80. The molecule has 0 fully saturated rings. The molecule has 0 aliphatic carbocycles. The van der Waals surface area contributed by atoms with Crippen molar-refractivity contribution in [1.82, 2.24) is 5.43 Å². The van der Waals surface area contributed by atoms with E-state index < -0.39 is 0 Å². The van der Waals surface area contributed by atoms with Gasteiger partial charge in [-0.2, -0.15) is 0 Å². The first-order valence-corrected chi connectivity index (χ1v) is 7.59. The van der Waals surface area contributed by atoms with Crippen molar-refractivity contribution in [2.24, 2.45) is 0 Å². The molecule has 0 aliphatic rings. The van der Waals surface area contributed by atoms with E-state index in [4.69, 9.17) is 11.6 Å². The van der Waals surface area contributed by atoms with Crippen molar-refractivity contribution in [3.63, 3.8) is 0 Å². The Morgan fingerprint density at radius 3 is 2.09 bits per heavy atom. The molecule has 3 aromatic carbocycles. The SMILES string of the molecule is Clc1ccccc1-c1ccccc1CNNc1ccccc1. The van der Waals surface area contributed by atoms with Crippen molar-refractivity contribution in [3.8, 4) is 11.1 Å². The third kappa shape index (κ3) is 3.48. The molecule has 0 aliphatic heterocycles. The Labute approximate surface area is 135 Å². The zero-order chi connectivity index (χ0) is 15.2. The second-order valence-electron chi connectivity index (χ2n) is 4.98. The monoisotopic (exact) mass is 308 g/mol. The van der Waals surface area contributed by atoms with E-state index in [0.717, 1.165) is 21.8 Å². The van der Waals surface area contributed by atoms with Crippen molar-refractivity contribution in [1.29, 1.82) is 0 Å². The number of halogens is 1. The van der Waals surface area contributed by atoms with Crippen LogP contribution in [0.5, 0.6) is 0 Å². The Balaban J connectivity index is 1.76. The Hall–Kier alpha value is -2.29. The van der Waals surface area contributed by atoms with E-state index in [1.54, 1.807) is 0 Å². The number of hydrogen-bond acceptors (Lipinski definition) is 2. The van der Waals surface area contributed by atoms with E-state index in [1.807, 2.05) is 66.7 Å². The van der Waals surface area contributed by atoms with Gasteiger partial charge in [-0.05, 0) is 29.3 Å². The van der Waals surface area contributed by atoms with Gasteiger partial charge in [0.15, 0.2) is 0 Å². The lowest BCUT2D eigenvalue weighted by molar-refractivity contribution is 0.803. The van der Waals surface area contributed by atoms with Crippen LogP contribution in [0.4, 0.5) is 5.69 Å². The maximum atomic E-state index is 6.32. The molecule has 0 radical (unpaired) electrons. The van der Waals surface area contributed by atoms with Gasteiger partial charge in [0.2, 0.25) is 0 Å². The molecule has 0 heterocycles. The average molecular weight is 309 g/mol. The molecule has 2 nitrogen and oxygen atoms in total. The zero-order valence-electron chi connectivity index (χ0n) is 12.1. The molecule has 110 valence electrons. The minimum Gasteiger partial charge on any atom is -0.321 e. The molecule has 2 N–H and O–H groups in total. The van der Waals surface area contributed by atoms with Crippen molar-refractivity contribution < 1.29 is 0 Å². The molecule has 0 saturated carbocycles. The zero-order valence-corrected chi connectivity index (χ0v) is 12.8. The topological polar surface area (TPSA) is 24.1 Å². The molecule has 3 heteroatoms. The molecule has 3 aromatic rings. The summed E-state index contributed by atoms with van der Waals surface area (Å²) in [7, 11) is 0. The van der Waals surface area contributed by atoms with Gasteiger partial charge in [0.25, 0.3) is 0 Å². The van der Waals surface area contributed by atoms with Gasteiger partial charge in [-0.1, -0.05) is 72.3 Å². The van der Waals surface area contributed by atoms with Crippen LogP contribution in [-0.4, -0.2) is 0 Å². The minimum atomic E-state index is 0.705. The third-order valence-electron chi connectivity index (χ3n) is 3.47. The summed E-state index contributed by atoms with van der Waals surface area (Å²) < 4.78 is 0. The van der Waals surface area contributed by atoms with Crippen molar-refractivity contribution in [2.75, 3.05) is 5.43 Å². The molecule has 0 amide bonds. The van der Waals surface area contributed by atoms with E-state index in [0.29, 0.717) is 6.54 Å². The standard InChI is InChI=1S/C19H17ClN2/c20-19-13-7-6-12-18(19)17-11-5-4-8-15(17)14-21-22-16-9-2-1-3-10-16/h1-13,21-22H,14H2. The molecular formula is C19H17ClN2. The van der Waals surface area contributed by atoms with Gasteiger partial charge >= 0.3 is 0 Å². The van der Waals surface area contributed by atoms with E-state index >= 15 is 0 Å².